The summed E-state index contributed by atoms with van der Waals surface area (Å²) >= 11 is 0. The summed E-state index contributed by atoms with van der Waals surface area (Å²) in [4.78, 5) is 22.4. The van der Waals surface area contributed by atoms with E-state index >= 15 is 0 Å². The number of hydrogen-bond donors (Lipinski definition) is 2. The van der Waals surface area contributed by atoms with Gasteiger partial charge in [0.2, 0.25) is 11.9 Å². The highest BCUT2D eigenvalue weighted by molar-refractivity contribution is 6.05. The smallest absolute Gasteiger partial charge is 0.336 e. The van der Waals surface area contributed by atoms with Crippen LogP contribution >= 0.6 is 0 Å². The molecule has 0 radical (unpaired) electrons. The fourth-order valence-corrected chi connectivity index (χ4v) is 5.25. The maximum Gasteiger partial charge on any atom is 0.336 e. The van der Waals surface area contributed by atoms with Crippen molar-refractivity contribution in [1.29, 1.82) is 0 Å². The Bertz CT molecular complexity index is 1620. The van der Waals surface area contributed by atoms with Gasteiger partial charge in [0.25, 0.3) is 0 Å². The molecule has 206 valence electrons. The van der Waals surface area contributed by atoms with Crippen LogP contribution < -0.4 is 31.5 Å². The van der Waals surface area contributed by atoms with Gasteiger partial charge in [0.05, 0.1) is 12.7 Å². The molecule has 0 atom stereocenters. The molecule has 1 aliphatic carbocycles. The summed E-state index contributed by atoms with van der Waals surface area (Å²) in [6, 6.07) is 16.2. The van der Waals surface area contributed by atoms with E-state index in [1.165, 1.54) is 12.5 Å². The summed E-state index contributed by atoms with van der Waals surface area (Å²) in [5.41, 5.74) is 13.5. The van der Waals surface area contributed by atoms with Crippen molar-refractivity contribution in [1.82, 2.24) is 15.0 Å². The Morgan fingerprint density at radius 3 is 2.55 bits per heavy atom. The lowest BCUT2D eigenvalue weighted by molar-refractivity contribution is 0.289. The van der Waals surface area contributed by atoms with Gasteiger partial charge in [-0.05, 0) is 68.1 Å². The molecule has 6 rings (SSSR count). The molecule has 2 aliphatic rings. The third-order valence-electron chi connectivity index (χ3n) is 7.10. The number of fused-ring (bicyclic) bond motifs is 1. The zero-order valence-corrected chi connectivity index (χ0v) is 21.9. The van der Waals surface area contributed by atoms with Gasteiger partial charge < -0.3 is 25.4 Å². The van der Waals surface area contributed by atoms with Crippen LogP contribution in [0.25, 0.3) is 11.0 Å². The minimum atomic E-state index is -0.483. The van der Waals surface area contributed by atoms with Crippen molar-refractivity contribution < 1.29 is 13.9 Å². The Morgan fingerprint density at radius 2 is 1.73 bits per heavy atom. The van der Waals surface area contributed by atoms with Gasteiger partial charge in [-0.1, -0.05) is 11.6 Å². The maximum atomic E-state index is 11.4. The normalized spacial score (nSPS) is 16.6. The number of aliphatic imine (C=N–C) groups is 2. The van der Waals surface area contributed by atoms with E-state index in [0.29, 0.717) is 41.9 Å². The van der Waals surface area contributed by atoms with Crippen LogP contribution in [-0.2, 0) is 13.2 Å². The Kier molecular flexibility index (Phi) is 6.81. The number of rotatable bonds is 8. The Hall–Kier alpha value is -4.87. The largest absolute Gasteiger partial charge is 0.492 e. The molecule has 2 aromatic carbocycles. The van der Waals surface area contributed by atoms with Crippen LogP contribution in [0.15, 0.2) is 80.0 Å². The predicted molar refractivity (Wildman–Crippen MR) is 150 cm³/mol. The maximum absolute atomic E-state index is 11.4. The molecule has 1 fully saturated rings. The molecule has 4 N–H and O–H groups in total. The van der Waals surface area contributed by atoms with Crippen molar-refractivity contribution in [2.75, 3.05) is 11.5 Å². The van der Waals surface area contributed by atoms with E-state index in [4.69, 9.17) is 30.4 Å². The number of aromatic nitrogens is 3. The number of guanidine groups is 2. The molecular formula is C28H30N8O4. The highest BCUT2D eigenvalue weighted by atomic mass is 16.5. The standard InChI is InChI=1S/C28H30N8O4/c29-26-31-27(30)36(28(32-26)12-2-1-3-13-28)21-6-9-22(10-7-21)39-18-20-17-35(34-33-20)14-15-38-23-8-4-19-5-11-25(37)40-24(19)16-23/h4-11,16-17H,1-3,12-15,18H2,(H4,29,30,31,32). The van der Waals surface area contributed by atoms with Crippen molar-refractivity contribution in [2.45, 2.75) is 50.9 Å². The summed E-state index contributed by atoms with van der Waals surface area (Å²) in [6.45, 7) is 1.13. The van der Waals surface area contributed by atoms with Gasteiger partial charge in [0.1, 0.15) is 41.7 Å². The topological polar surface area (TPSA) is 159 Å². The Balaban J connectivity index is 1.03. The van der Waals surface area contributed by atoms with Crippen LogP contribution in [0.2, 0.25) is 0 Å². The summed E-state index contributed by atoms with van der Waals surface area (Å²) in [6.07, 6.45) is 6.89. The van der Waals surface area contributed by atoms with Crippen molar-refractivity contribution >= 4 is 28.6 Å². The first kappa shape index (κ1) is 25.4. The summed E-state index contributed by atoms with van der Waals surface area (Å²) in [5, 5.41) is 9.17. The number of benzene rings is 2. The number of ether oxygens (including phenoxy) is 2. The molecule has 1 aliphatic heterocycles. The first-order valence-corrected chi connectivity index (χ1v) is 13.3. The van der Waals surface area contributed by atoms with Crippen LogP contribution in [0.3, 0.4) is 0 Å². The minimum Gasteiger partial charge on any atom is -0.492 e. The molecule has 40 heavy (non-hydrogen) atoms. The first-order chi connectivity index (χ1) is 19.5. The summed E-state index contributed by atoms with van der Waals surface area (Å²) in [7, 11) is 0. The van der Waals surface area contributed by atoms with E-state index < -0.39 is 11.3 Å². The van der Waals surface area contributed by atoms with Gasteiger partial charge in [-0.25, -0.2) is 14.5 Å². The van der Waals surface area contributed by atoms with Crippen LogP contribution in [0.4, 0.5) is 5.69 Å². The lowest BCUT2D eigenvalue weighted by Crippen LogP contribution is -2.58. The van der Waals surface area contributed by atoms with E-state index in [1.54, 1.807) is 16.8 Å². The SMILES string of the molecule is NC1=NC2(CCCCC2)N(c2ccc(OCc3cn(CCOc4ccc5ccc(=O)oc5c4)nn3)cc2)C(N)=N1. The average molecular weight is 543 g/mol. The van der Waals surface area contributed by atoms with E-state index in [2.05, 4.69) is 15.3 Å². The van der Waals surface area contributed by atoms with Crippen molar-refractivity contribution in [3.05, 3.63) is 76.9 Å². The molecule has 0 unspecified atom stereocenters. The van der Waals surface area contributed by atoms with Crippen molar-refractivity contribution in [2.24, 2.45) is 21.5 Å². The van der Waals surface area contributed by atoms with Crippen LogP contribution in [0, 0.1) is 0 Å². The monoisotopic (exact) mass is 542 g/mol. The van der Waals surface area contributed by atoms with Gasteiger partial charge >= 0.3 is 5.63 Å². The van der Waals surface area contributed by atoms with E-state index in [1.807, 2.05) is 47.5 Å². The van der Waals surface area contributed by atoms with Gasteiger partial charge in [-0.2, -0.15) is 4.99 Å². The fraction of sp³-hybridized carbons (Fsp3) is 0.321. The minimum absolute atomic E-state index is 0.235. The second kappa shape index (κ2) is 10.7. The van der Waals surface area contributed by atoms with E-state index in [-0.39, 0.29) is 12.6 Å². The third kappa shape index (κ3) is 5.33. The molecule has 4 aromatic rings. The highest BCUT2D eigenvalue weighted by Crippen LogP contribution is 2.39. The van der Waals surface area contributed by atoms with Gasteiger partial charge in [0.15, 0.2) is 0 Å². The lowest BCUT2D eigenvalue weighted by Gasteiger charge is -2.45. The quantitative estimate of drug-likeness (QED) is 0.319. The first-order valence-electron chi connectivity index (χ1n) is 13.3. The molecule has 0 bridgehead atoms. The average Bonchev–Trinajstić information content (AvgIpc) is 3.40. The molecule has 0 saturated heterocycles. The molecule has 2 aromatic heterocycles. The molecule has 1 spiro atoms. The fourth-order valence-electron chi connectivity index (χ4n) is 5.25. The Labute approximate surface area is 229 Å². The number of nitrogens with two attached hydrogens (primary N) is 2. The van der Waals surface area contributed by atoms with Crippen LogP contribution in [0.5, 0.6) is 11.5 Å². The van der Waals surface area contributed by atoms with Gasteiger partial charge in [-0.15, -0.1) is 5.10 Å². The third-order valence-corrected chi connectivity index (χ3v) is 7.10. The number of hydrogen-bond acceptors (Lipinski definition) is 11. The van der Waals surface area contributed by atoms with Crippen LogP contribution in [0.1, 0.15) is 37.8 Å². The van der Waals surface area contributed by atoms with E-state index in [9.17, 15) is 4.79 Å². The van der Waals surface area contributed by atoms with Crippen LogP contribution in [-0.4, -0.2) is 39.2 Å². The van der Waals surface area contributed by atoms with E-state index in [0.717, 1.165) is 36.8 Å². The molecule has 0 amide bonds. The number of nitrogens with zero attached hydrogens (tertiary/aromatic N) is 6. The molecular weight excluding hydrogens is 512 g/mol. The molecule has 12 nitrogen and oxygen atoms in total. The molecule has 12 heteroatoms. The van der Waals surface area contributed by atoms with Gasteiger partial charge in [-0.3, -0.25) is 4.90 Å². The molecule has 1 saturated carbocycles. The Morgan fingerprint density at radius 1 is 0.950 bits per heavy atom. The lowest BCUT2D eigenvalue weighted by atomic mass is 9.87. The van der Waals surface area contributed by atoms with Crippen molar-refractivity contribution in [3.8, 4) is 11.5 Å². The predicted octanol–water partition coefficient (Wildman–Crippen LogP) is 3.15. The second-order valence-corrected chi connectivity index (χ2v) is 9.88. The number of anilines is 1. The summed E-state index contributed by atoms with van der Waals surface area (Å²) < 4.78 is 18.6. The zero-order chi connectivity index (χ0) is 27.5. The second-order valence-electron chi connectivity index (χ2n) is 9.88. The van der Waals surface area contributed by atoms with Gasteiger partial charge in [0, 0.05) is 23.2 Å². The highest BCUT2D eigenvalue weighted by Gasteiger charge is 2.42. The summed E-state index contributed by atoms with van der Waals surface area (Å²) in [5.74, 6) is 1.89. The molecule has 3 heterocycles. The van der Waals surface area contributed by atoms with Crippen molar-refractivity contribution in [3.63, 3.8) is 0 Å². The zero-order valence-electron chi connectivity index (χ0n) is 21.9.